The largest absolute Gasteiger partial charge is 0.462 e. The zero-order valence-corrected chi connectivity index (χ0v) is 17.9. The van der Waals surface area contributed by atoms with E-state index in [2.05, 4.69) is 17.0 Å². The van der Waals surface area contributed by atoms with Gasteiger partial charge in [0, 0.05) is 29.4 Å². The quantitative estimate of drug-likeness (QED) is 0.522. The van der Waals surface area contributed by atoms with Crippen LogP contribution in [0.3, 0.4) is 0 Å². The van der Waals surface area contributed by atoms with Crippen molar-refractivity contribution in [2.24, 2.45) is 0 Å². The molecule has 0 saturated heterocycles. The molecule has 3 aromatic rings. The molecule has 6 heteroatoms. The summed E-state index contributed by atoms with van der Waals surface area (Å²) in [6.07, 6.45) is 2.56. The number of nitrogen functional groups attached to an aromatic ring is 1. The number of fused-ring (bicyclic) bond motifs is 2. The number of esters is 1. The number of carbonyl (C=O) groups excluding carboxylic acids is 1. The van der Waals surface area contributed by atoms with E-state index in [1.54, 1.807) is 19.2 Å². The third-order valence-corrected chi connectivity index (χ3v) is 5.55. The SMILES string of the molecule is CCOC(=O)c1cn(C(C)(C)C)c2cc(N3CCc4ccccc43)c(N)cc2c1=O. The molecule has 1 aliphatic rings. The molecular formula is C24H27N3O3. The van der Waals surface area contributed by atoms with Crippen LogP contribution in [0.1, 0.15) is 43.6 Å². The van der Waals surface area contributed by atoms with Gasteiger partial charge in [0.1, 0.15) is 5.56 Å². The molecule has 0 atom stereocenters. The maximum Gasteiger partial charge on any atom is 0.343 e. The van der Waals surface area contributed by atoms with Gasteiger partial charge in [-0.25, -0.2) is 4.79 Å². The molecule has 2 N–H and O–H groups in total. The van der Waals surface area contributed by atoms with E-state index in [0.29, 0.717) is 11.1 Å². The van der Waals surface area contributed by atoms with Gasteiger partial charge in [-0.2, -0.15) is 0 Å². The molecule has 0 aliphatic carbocycles. The van der Waals surface area contributed by atoms with Gasteiger partial charge >= 0.3 is 5.97 Å². The van der Waals surface area contributed by atoms with Crippen molar-refractivity contribution >= 4 is 33.9 Å². The summed E-state index contributed by atoms with van der Waals surface area (Å²) in [5.74, 6) is -0.612. The molecule has 0 unspecified atom stereocenters. The number of ether oxygens (including phenoxy) is 1. The van der Waals surface area contributed by atoms with Crippen LogP contribution in [0.2, 0.25) is 0 Å². The number of hydrogen-bond acceptors (Lipinski definition) is 5. The number of nitrogens with zero attached hydrogens (tertiary/aromatic N) is 2. The number of hydrogen-bond donors (Lipinski definition) is 1. The summed E-state index contributed by atoms with van der Waals surface area (Å²) in [4.78, 5) is 27.7. The molecule has 0 saturated carbocycles. The van der Waals surface area contributed by atoms with E-state index in [1.807, 2.05) is 43.5 Å². The van der Waals surface area contributed by atoms with E-state index in [1.165, 1.54) is 5.56 Å². The topological polar surface area (TPSA) is 77.6 Å². The maximum absolute atomic E-state index is 13.1. The number of carbonyl (C=O) groups is 1. The van der Waals surface area contributed by atoms with Gasteiger partial charge in [-0.15, -0.1) is 0 Å². The Morgan fingerprint density at radius 1 is 1.17 bits per heavy atom. The van der Waals surface area contributed by atoms with Crippen molar-refractivity contribution in [2.75, 3.05) is 23.8 Å². The van der Waals surface area contributed by atoms with Crippen molar-refractivity contribution in [3.63, 3.8) is 0 Å². The van der Waals surface area contributed by atoms with Crippen LogP contribution in [0.25, 0.3) is 10.9 Å². The maximum atomic E-state index is 13.1. The Morgan fingerprint density at radius 3 is 2.60 bits per heavy atom. The zero-order chi connectivity index (χ0) is 21.6. The fourth-order valence-corrected chi connectivity index (χ4v) is 4.11. The summed E-state index contributed by atoms with van der Waals surface area (Å²) in [6.45, 7) is 8.86. The molecule has 0 bridgehead atoms. The van der Waals surface area contributed by atoms with E-state index in [9.17, 15) is 9.59 Å². The first-order valence-corrected chi connectivity index (χ1v) is 10.2. The molecule has 4 rings (SSSR count). The van der Waals surface area contributed by atoms with Crippen molar-refractivity contribution < 1.29 is 9.53 Å². The Hall–Kier alpha value is -3.28. The fraction of sp³-hybridized carbons (Fsp3) is 0.333. The van der Waals surface area contributed by atoms with Crippen LogP contribution in [0.15, 0.2) is 47.4 Å². The van der Waals surface area contributed by atoms with E-state index in [4.69, 9.17) is 10.5 Å². The molecule has 1 aliphatic heterocycles. The first kappa shape index (κ1) is 20.0. The molecule has 0 radical (unpaired) electrons. The monoisotopic (exact) mass is 405 g/mol. The van der Waals surface area contributed by atoms with Crippen LogP contribution in [0, 0.1) is 0 Å². The summed E-state index contributed by atoms with van der Waals surface area (Å²) >= 11 is 0. The number of rotatable bonds is 3. The summed E-state index contributed by atoms with van der Waals surface area (Å²) < 4.78 is 7.07. The van der Waals surface area contributed by atoms with E-state index < -0.39 is 5.97 Å². The van der Waals surface area contributed by atoms with Crippen molar-refractivity contribution in [3.8, 4) is 0 Å². The summed E-state index contributed by atoms with van der Waals surface area (Å²) in [6, 6.07) is 11.9. The van der Waals surface area contributed by atoms with E-state index in [-0.39, 0.29) is 23.1 Å². The molecule has 0 spiro atoms. The molecule has 156 valence electrons. The number of aromatic nitrogens is 1. The first-order valence-electron chi connectivity index (χ1n) is 10.2. The molecule has 2 heterocycles. The molecule has 0 amide bonds. The van der Waals surface area contributed by atoms with Crippen LogP contribution < -0.4 is 16.1 Å². The summed E-state index contributed by atoms with van der Waals surface area (Å²) in [5, 5.41) is 0.421. The Kier molecular flexibility index (Phi) is 4.80. The second-order valence-electron chi connectivity index (χ2n) is 8.59. The lowest BCUT2D eigenvalue weighted by atomic mass is 10.0. The van der Waals surface area contributed by atoms with Crippen LogP contribution in [0.4, 0.5) is 17.1 Å². The minimum Gasteiger partial charge on any atom is -0.462 e. The van der Waals surface area contributed by atoms with Gasteiger partial charge in [-0.05, 0) is 57.9 Å². The average Bonchev–Trinajstić information content (AvgIpc) is 3.11. The van der Waals surface area contributed by atoms with Crippen molar-refractivity contribution in [3.05, 3.63) is 63.9 Å². The Balaban J connectivity index is 1.98. The standard InChI is InChI=1S/C24H27N3O3/c1-5-30-23(29)17-14-27(24(2,3)4)20-13-21(18(25)12-16(20)22(17)28)26-11-10-15-8-6-7-9-19(15)26/h6-9,12-14H,5,10-11,25H2,1-4H3. The molecular weight excluding hydrogens is 378 g/mol. The third-order valence-electron chi connectivity index (χ3n) is 5.55. The predicted octanol–water partition coefficient (Wildman–Crippen LogP) is 4.21. The summed E-state index contributed by atoms with van der Waals surface area (Å²) in [7, 11) is 0. The van der Waals surface area contributed by atoms with E-state index >= 15 is 0 Å². The summed E-state index contributed by atoms with van der Waals surface area (Å²) in [5.41, 5.74) is 10.3. The number of benzene rings is 2. The Bertz CT molecular complexity index is 1200. The van der Waals surface area contributed by atoms with Crippen molar-refractivity contribution in [2.45, 2.75) is 39.7 Å². The first-order chi connectivity index (χ1) is 14.2. The van der Waals surface area contributed by atoms with Gasteiger partial charge in [-0.3, -0.25) is 4.79 Å². The fourth-order valence-electron chi connectivity index (χ4n) is 4.11. The predicted molar refractivity (Wildman–Crippen MR) is 121 cm³/mol. The van der Waals surface area contributed by atoms with Crippen molar-refractivity contribution in [1.82, 2.24) is 4.57 Å². The van der Waals surface area contributed by atoms with E-state index in [0.717, 1.165) is 29.9 Å². The van der Waals surface area contributed by atoms with Crippen LogP contribution in [0.5, 0.6) is 0 Å². The van der Waals surface area contributed by atoms with Gasteiger partial charge in [0.15, 0.2) is 0 Å². The lowest BCUT2D eigenvalue weighted by molar-refractivity contribution is 0.0524. The molecule has 2 aromatic carbocycles. The smallest absolute Gasteiger partial charge is 0.343 e. The van der Waals surface area contributed by atoms with Crippen LogP contribution in [-0.4, -0.2) is 23.7 Å². The minimum absolute atomic E-state index is 0.0259. The third kappa shape index (κ3) is 3.22. The highest BCUT2D eigenvalue weighted by Crippen LogP contribution is 2.39. The second-order valence-corrected chi connectivity index (χ2v) is 8.59. The number of nitrogens with two attached hydrogens (primary N) is 1. The van der Waals surface area contributed by atoms with Gasteiger partial charge in [0.05, 0.1) is 23.5 Å². The zero-order valence-electron chi connectivity index (χ0n) is 17.9. The Morgan fingerprint density at radius 2 is 1.90 bits per heavy atom. The number of para-hydroxylation sites is 1. The van der Waals surface area contributed by atoms with Crippen LogP contribution >= 0.6 is 0 Å². The highest BCUT2D eigenvalue weighted by Gasteiger charge is 2.26. The minimum atomic E-state index is -0.612. The van der Waals surface area contributed by atoms with Gasteiger partial charge in [0.25, 0.3) is 0 Å². The second kappa shape index (κ2) is 7.20. The lowest BCUT2D eigenvalue weighted by Gasteiger charge is -2.28. The molecule has 6 nitrogen and oxygen atoms in total. The molecule has 0 fully saturated rings. The van der Waals surface area contributed by atoms with Gasteiger partial charge in [0.2, 0.25) is 5.43 Å². The highest BCUT2D eigenvalue weighted by atomic mass is 16.5. The number of anilines is 3. The van der Waals surface area contributed by atoms with Crippen molar-refractivity contribution in [1.29, 1.82) is 0 Å². The highest BCUT2D eigenvalue weighted by molar-refractivity contribution is 5.97. The van der Waals surface area contributed by atoms with Crippen LogP contribution in [-0.2, 0) is 16.7 Å². The lowest BCUT2D eigenvalue weighted by Crippen LogP contribution is -2.28. The number of pyridine rings is 1. The molecule has 1 aromatic heterocycles. The average molecular weight is 405 g/mol. The molecule has 30 heavy (non-hydrogen) atoms. The Labute approximate surface area is 175 Å². The normalized spacial score (nSPS) is 13.5. The van der Waals surface area contributed by atoms with Gasteiger partial charge < -0.3 is 19.9 Å². The van der Waals surface area contributed by atoms with Gasteiger partial charge in [-0.1, -0.05) is 18.2 Å².